The van der Waals surface area contributed by atoms with Crippen LogP contribution in [0.25, 0.3) is 11.4 Å². The van der Waals surface area contributed by atoms with E-state index in [-0.39, 0.29) is 34.6 Å². The second-order valence-electron chi connectivity index (χ2n) is 9.23. The third-order valence-electron chi connectivity index (χ3n) is 5.28. The van der Waals surface area contributed by atoms with Gasteiger partial charge in [-0.1, -0.05) is 32.0 Å². The summed E-state index contributed by atoms with van der Waals surface area (Å²) in [4.78, 5) is 28.7. The molecule has 0 aliphatic carbocycles. The molecule has 1 amide bonds. The summed E-state index contributed by atoms with van der Waals surface area (Å²) in [7, 11) is 1.72. The lowest BCUT2D eigenvalue weighted by molar-refractivity contribution is 0.0923. The Morgan fingerprint density at radius 3 is 2.51 bits per heavy atom. The third-order valence-corrected chi connectivity index (χ3v) is 5.28. The lowest BCUT2D eigenvalue weighted by Gasteiger charge is -2.19. The van der Waals surface area contributed by atoms with Crippen molar-refractivity contribution in [2.75, 3.05) is 5.32 Å². The molecule has 14 heteroatoms. The molecule has 3 heterocycles. The van der Waals surface area contributed by atoms with Crippen LogP contribution in [0.4, 0.5) is 24.9 Å². The van der Waals surface area contributed by atoms with Crippen LogP contribution in [0.15, 0.2) is 35.2 Å². The molecule has 1 unspecified atom stereocenters. The van der Waals surface area contributed by atoms with Crippen molar-refractivity contribution in [3.05, 3.63) is 59.4 Å². The van der Waals surface area contributed by atoms with Crippen LogP contribution in [0.5, 0.6) is 0 Å². The van der Waals surface area contributed by atoms with E-state index in [1.807, 2.05) is 20.8 Å². The summed E-state index contributed by atoms with van der Waals surface area (Å²) in [6, 6.07) is 3.22. The second kappa shape index (κ2) is 9.95. The lowest BCUT2D eigenvalue weighted by Crippen LogP contribution is -2.28. The minimum atomic E-state index is -3.18. The number of nitrogens with one attached hydrogen (secondary N) is 2. The summed E-state index contributed by atoms with van der Waals surface area (Å²) >= 11 is 0. The number of hydrogen-bond acceptors (Lipinski definition) is 9. The number of aryl methyl sites for hydroxylation is 1. The minimum absolute atomic E-state index is 0.0566. The first kappa shape index (κ1) is 25.7. The molecule has 2 N–H and O–H groups in total. The minimum Gasteiger partial charge on any atom is -0.343 e. The highest BCUT2D eigenvalue weighted by Gasteiger charge is 2.28. The van der Waals surface area contributed by atoms with Gasteiger partial charge in [0, 0.05) is 24.7 Å². The van der Waals surface area contributed by atoms with Gasteiger partial charge in [0.25, 0.3) is 18.2 Å². The predicted molar refractivity (Wildman–Crippen MR) is 126 cm³/mol. The van der Waals surface area contributed by atoms with Gasteiger partial charge in [0.15, 0.2) is 11.6 Å². The molecule has 0 aliphatic heterocycles. The first-order valence-corrected chi connectivity index (χ1v) is 11.2. The van der Waals surface area contributed by atoms with Gasteiger partial charge in [0.2, 0.25) is 11.8 Å². The van der Waals surface area contributed by atoms with E-state index in [2.05, 4.69) is 40.8 Å². The summed E-state index contributed by atoms with van der Waals surface area (Å²) in [5.74, 6) is -1.64. The highest BCUT2D eigenvalue weighted by Crippen LogP contribution is 2.35. The summed E-state index contributed by atoms with van der Waals surface area (Å²) in [6.45, 7) is 6.93. The smallest absolute Gasteiger partial charge is 0.293 e. The van der Waals surface area contributed by atoms with Gasteiger partial charge in [-0.2, -0.15) is 15.1 Å². The standard InChI is InChI=1S/C23H24F3N9O2/c1-11(29-20(36)19-31-21(37-34-19)23(2,3)4)12-6-7-13(16(24)15(12)17(25)26)18-27-10-28-22(32-18)30-14-8-9-35(5)33-14/h6-11,17H,1-5H3,(H,29,36)(H,27,28,30,32,33). The number of nitrogens with zero attached hydrogens (tertiary/aromatic N) is 7. The van der Waals surface area contributed by atoms with Crippen LogP contribution < -0.4 is 10.6 Å². The van der Waals surface area contributed by atoms with Gasteiger partial charge in [-0.25, -0.2) is 23.1 Å². The van der Waals surface area contributed by atoms with E-state index in [9.17, 15) is 13.6 Å². The van der Waals surface area contributed by atoms with Crippen LogP contribution in [0.2, 0.25) is 0 Å². The van der Waals surface area contributed by atoms with Crippen molar-refractivity contribution in [1.82, 2.24) is 40.2 Å². The third kappa shape index (κ3) is 5.57. The average molecular weight is 516 g/mol. The molecule has 4 rings (SSSR count). The van der Waals surface area contributed by atoms with Crippen molar-refractivity contribution in [1.29, 1.82) is 0 Å². The van der Waals surface area contributed by atoms with Crippen molar-refractivity contribution >= 4 is 17.7 Å². The first-order chi connectivity index (χ1) is 17.4. The maximum atomic E-state index is 15.4. The van der Waals surface area contributed by atoms with Crippen molar-refractivity contribution in [2.45, 2.75) is 45.6 Å². The number of halogens is 3. The number of alkyl halides is 2. The van der Waals surface area contributed by atoms with Gasteiger partial charge in [0.1, 0.15) is 12.1 Å². The fourth-order valence-electron chi connectivity index (χ4n) is 3.42. The Balaban J connectivity index is 1.61. The molecule has 37 heavy (non-hydrogen) atoms. The second-order valence-corrected chi connectivity index (χ2v) is 9.23. The Kier molecular flexibility index (Phi) is 6.92. The zero-order valence-electron chi connectivity index (χ0n) is 20.6. The summed E-state index contributed by atoms with van der Waals surface area (Å²) in [5, 5.41) is 13.1. The molecule has 0 saturated heterocycles. The Hall–Kier alpha value is -4.36. The zero-order chi connectivity index (χ0) is 26.9. The number of carbonyl (C=O) groups excluding carboxylic acids is 1. The zero-order valence-corrected chi connectivity index (χ0v) is 20.6. The van der Waals surface area contributed by atoms with Gasteiger partial charge in [-0.05, 0) is 18.6 Å². The van der Waals surface area contributed by atoms with E-state index < -0.39 is 35.2 Å². The first-order valence-electron chi connectivity index (χ1n) is 11.2. The van der Waals surface area contributed by atoms with E-state index in [0.717, 1.165) is 6.33 Å². The van der Waals surface area contributed by atoms with Crippen molar-refractivity contribution < 1.29 is 22.5 Å². The van der Waals surface area contributed by atoms with Gasteiger partial charge in [-0.3, -0.25) is 9.48 Å². The number of anilines is 2. The summed E-state index contributed by atoms with van der Waals surface area (Å²) in [5.41, 5.74) is -1.74. The van der Waals surface area contributed by atoms with Crippen LogP contribution in [0.3, 0.4) is 0 Å². The van der Waals surface area contributed by atoms with Crippen molar-refractivity contribution in [3.8, 4) is 11.4 Å². The van der Waals surface area contributed by atoms with Crippen LogP contribution >= 0.6 is 0 Å². The van der Waals surface area contributed by atoms with Gasteiger partial charge < -0.3 is 15.2 Å². The van der Waals surface area contributed by atoms with Gasteiger partial charge in [-0.15, -0.1) is 0 Å². The molecular formula is C23H24F3N9O2. The molecule has 0 bridgehead atoms. The molecule has 0 aliphatic rings. The molecule has 0 spiro atoms. The van der Waals surface area contributed by atoms with Crippen molar-refractivity contribution in [3.63, 3.8) is 0 Å². The Labute approximate surface area is 209 Å². The quantitative estimate of drug-likeness (QED) is 0.370. The number of hydrogen-bond donors (Lipinski definition) is 2. The predicted octanol–water partition coefficient (Wildman–Crippen LogP) is 4.26. The lowest BCUT2D eigenvalue weighted by atomic mass is 9.97. The number of amides is 1. The average Bonchev–Trinajstić information content (AvgIpc) is 3.48. The van der Waals surface area contributed by atoms with Crippen LogP contribution in [-0.4, -0.2) is 40.8 Å². The fourth-order valence-corrected chi connectivity index (χ4v) is 3.42. The van der Waals surface area contributed by atoms with E-state index >= 15 is 4.39 Å². The fraction of sp³-hybridized carbons (Fsp3) is 0.348. The van der Waals surface area contributed by atoms with E-state index in [0.29, 0.717) is 5.82 Å². The maximum absolute atomic E-state index is 15.4. The topological polar surface area (TPSA) is 137 Å². The van der Waals surface area contributed by atoms with E-state index in [1.54, 1.807) is 24.0 Å². The molecular weight excluding hydrogens is 491 g/mol. The Morgan fingerprint density at radius 2 is 1.89 bits per heavy atom. The van der Waals surface area contributed by atoms with Crippen molar-refractivity contribution in [2.24, 2.45) is 7.05 Å². The number of aromatic nitrogens is 7. The highest BCUT2D eigenvalue weighted by molar-refractivity contribution is 5.90. The number of carbonyl (C=O) groups is 1. The highest BCUT2D eigenvalue weighted by atomic mass is 19.3. The molecule has 0 saturated carbocycles. The van der Waals surface area contributed by atoms with Crippen LogP contribution in [-0.2, 0) is 12.5 Å². The monoisotopic (exact) mass is 515 g/mol. The summed E-state index contributed by atoms with van der Waals surface area (Å²) in [6.07, 6.45) is -0.359. The SMILES string of the molecule is CC(NC(=O)c1noc(C(C)(C)C)n1)c1ccc(-c2ncnc(Nc3ccn(C)n3)n2)c(F)c1C(F)F. The normalized spacial score (nSPS) is 12.6. The molecule has 194 valence electrons. The maximum Gasteiger partial charge on any atom is 0.293 e. The van der Waals surface area contributed by atoms with Crippen LogP contribution in [0, 0.1) is 5.82 Å². The van der Waals surface area contributed by atoms with E-state index in [1.165, 1.54) is 19.1 Å². The number of benzene rings is 1. The largest absolute Gasteiger partial charge is 0.343 e. The van der Waals surface area contributed by atoms with Gasteiger partial charge in [0.05, 0.1) is 17.2 Å². The molecule has 1 atom stereocenters. The molecule has 0 radical (unpaired) electrons. The summed E-state index contributed by atoms with van der Waals surface area (Å²) < 4.78 is 50.2. The Bertz CT molecular complexity index is 1430. The van der Waals surface area contributed by atoms with Gasteiger partial charge >= 0.3 is 0 Å². The molecule has 3 aromatic heterocycles. The molecule has 4 aromatic rings. The molecule has 1 aromatic carbocycles. The van der Waals surface area contributed by atoms with E-state index in [4.69, 9.17) is 4.52 Å². The molecule has 0 fully saturated rings. The van der Waals surface area contributed by atoms with Crippen LogP contribution in [0.1, 0.15) is 67.8 Å². The molecule has 11 nitrogen and oxygen atoms in total. The number of rotatable bonds is 7. The Morgan fingerprint density at radius 1 is 1.14 bits per heavy atom.